The van der Waals surface area contributed by atoms with Gasteiger partial charge in [-0.25, -0.2) is 0 Å². The molecule has 116 valence electrons. The van der Waals surface area contributed by atoms with Crippen molar-refractivity contribution in [1.82, 2.24) is 4.98 Å². The standard InChI is InChI=1S/C18H23N3O/c1-12-7-13(2)16-15(8-12)17(14(9-19)10-20-16)21-11-18(3,4)5-6-22/h7-8,10,22H,5-6,11H2,1-4H3,(H,20,21). The summed E-state index contributed by atoms with van der Waals surface area (Å²) in [7, 11) is 0. The van der Waals surface area contributed by atoms with Gasteiger partial charge in [0.2, 0.25) is 0 Å². The molecule has 0 aliphatic carbocycles. The molecule has 0 amide bonds. The van der Waals surface area contributed by atoms with Crippen LogP contribution in [-0.2, 0) is 0 Å². The highest BCUT2D eigenvalue weighted by Crippen LogP contribution is 2.30. The van der Waals surface area contributed by atoms with Gasteiger partial charge in [-0.05, 0) is 37.3 Å². The SMILES string of the molecule is Cc1cc(C)c2ncc(C#N)c(NCC(C)(C)CCO)c2c1. The van der Waals surface area contributed by atoms with Crippen molar-refractivity contribution >= 4 is 16.6 Å². The third-order valence-electron chi connectivity index (χ3n) is 3.96. The quantitative estimate of drug-likeness (QED) is 0.885. The molecule has 2 N–H and O–H groups in total. The minimum absolute atomic E-state index is 0.0457. The summed E-state index contributed by atoms with van der Waals surface area (Å²) in [5, 5.41) is 22.9. The molecule has 2 rings (SSSR count). The van der Waals surface area contributed by atoms with Crippen LogP contribution >= 0.6 is 0 Å². The van der Waals surface area contributed by atoms with Crippen molar-refractivity contribution in [2.24, 2.45) is 5.41 Å². The summed E-state index contributed by atoms with van der Waals surface area (Å²) in [4.78, 5) is 4.43. The van der Waals surface area contributed by atoms with E-state index in [4.69, 9.17) is 5.11 Å². The predicted octanol–water partition coefficient (Wildman–Crippen LogP) is 3.54. The molecular formula is C18H23N3O. The number of rotatable bonds is 5. The van der Waals surface area contributed by atoms with Gasteiger partial charge in [0.1, 0.15) is 6.07 Å². The number of aliphatic hydroxyl groups is 1. The Bertz CT molecular complexity index is 729. The molecular weight excluding hydrogens is 274 g/mol. The second kappa shape index (κ2) is 6.33. The Balaban J connectivity index is 2.49. The first-order chi connectivity index (χ1) is 10.4. The second-order valence-electron chi connectivity index (χ2n) is 6.63. The molecule has 0 fully saturated rings. The lowest BCUT2D eigenvalue weighted by Crippen LogP contribution is -2.24. The molecule has 2 aromatic rings. The zero-order chi connectivity index (χ0) is 16.3. The maximum Gasteiger partial charge on any atom is 0.103 e. The van der Waals surface area contributed by atoms with Crippen molar-refractivity contribution in [2.45, 2.75) is 34.1 Å². The zero-order valence-corrected chi connectivity index (χ0v) is 13.7. The molecule has 4 nitrogen and oxygen atoms in total. The van der Waals surface area contributed by atoms with E-state index in [1.807, 2.05) is 13.8 Å². The van der Waals surface area contributed by atoms with Crippen molar-refractivity contribution in [1.29, 1.82) is 5.26 Å². The number of aliphatic hydroxyl groups excluding tert-OH is 1. The highest BCUT2D eigenvalue weighted by molar-refractivity contribution is 5.96. The van der Waals surface area contributed by atoms with Crippen LogP contribution in [0.4, 0.5) is 5.69 Å². The monoisotopic (exact) mass is 297 g/mol. The van der Waals surface area contributed by atoms with Crippen LogP contribution in [0.3, 0.4) is 0 Å². The lowest BCUT2D eigenvalue weighted by molar-refractivity contribution is 0.220. The molecule has 0 saturated carbocycles. The van der Waals surface area contributed by atoms with E-state index in [-0.39, 0.29) is 12.0 Å². The number of pyridine rings is 1. The van der Waals surface area contributed by atoms with E-state index < -0.39 is 0 Å². The molecule has 0 atom stereocenters. The van der Waals surface area contributed by atoms with Gasteiger partial charge in [-0.2, -0.15) is 5.26 Å². The van der Waals surface area contributed by atoms with Crippen LogP contribution in [0.5, 0.6) is 0 Å². The highest BCUT2D eigenvalue weighted by atomic mass is 16.3. The number of nitriles is 1. The summed E-state index contributed by atoms with van der Waals surface area (Å²) in [6.07, 6.45) is 2.34. The molecule has 22 heavy (non-hydrogen) atoms. The third-order valence-corrected chi connectivity index (χ3v) is 3.96. The Kier molecular flexibility index (Phi) is 4.68. The largest absolute Gasteiger partial charge is 0.396 e. The summed E-state index contributed by atoms with van der Waals surface area (Å²) < 4.78 is 0. The maximum absolute atomic E-state index is 9.38. The van der Waals surface area contributed by atoms with Crippen molar-refractivity contribution in [3.63, 3.8) is 0 Å². The van der Waals surface area contributed by atoms with Crippen molar-refractivity contribution in [2.75, 3.05) is 18.5 Å². The number of nitrogens with zero attached hydrogens (tertiary/aromatic N) is 2. The third kappa shape index (κ3) is 3.37. The smallest absolute Gasteiger partial charge is 0.103 e. The van der Waals surface area contributed by atoms with E-state index in [1.54, 1.807) is 6.20 Å². The Morgan fingerprint density at radius 1 is 1.32 bits per heavy atom. The minimum Gasteiger partial charge on any atom is -0.396 e. The molecule has 1 aromatic heterocycles. The lowest BCUT2D eigenvalue weighted by Gasteiger charge is -2.25. The second-order valence-corrected chi connectivity index (χ2v) is 6.63. The molecule has 1 heterocycles. The predicted molar refractivity (Wildman–Crippen MR) is 89.9 cm³/mol. The maximum atomic E-state index is 9.38. The molecule has 0 unspecified atom stereocenters. The summed E-state index contributed by atoms with van der Waals surface area (Å²) in [5.41, 5.74) is 4.53. The van der Waals surface area contributed by atoms with Crippen LogP contribution in [0.2, 0.25) is 0 Å². The molecule has 0 radical (unpaired) electrons. The first-order valence-corrected chi connectivity index (χ1v) is 7.53. The molecule has 0 bridgehead atoms. The molecule has 0 aliphatic rings. The van der Waals surface area contributed by atoms with Gasteiger partial charge >= 0.3 is 0 Å². The summed E-state index contributed by atoms with van der Waals surface area (Å²) >= 11 is 0. The normalized spacial score (nSPS) is 11.5. The first kappa shape index (κ1) is 16.3. The Morgan fingerprint density at radius 3 is 2.68 bits per heavy atom. The Hall–Kier alpha value is -2.12. The number of hydrogen-bond acceptors (Lipinski definition) is 4. The van der Waals surface area contributed by atoms with Crippen LogP contribution in [0.25, 0.3) is 10.9 Å². The van der Waals surface area contributed by atoms with Crippen LogP contribution in [0, 0.1) is 30.6 Å². The van der Waals surface area contributed by atoms with E-state index in [0.29, 0.717) is 18.5 Å². The van der Waals surface area contributed by atoms with E-state index in [1.165, 1.54) is 0 Å². The van der Waals surface area contributed by atoms with Gasteiger partial charge in [0.25, 0.3) is 0 Å². The van der Waals surface area contributed by atoms with E-state index in [0.717, 1.165) is 27.7 Å². The van der Waals surface area contributed by atoms with Gasteiger partial charge in [0.05, 0.1) is 16.8 Å². The number of aromatic nitrogens is 1. The van der Waals surface area contributed by atoms with Gasteiger partial charge in [-0.1, -0.05) is 25.5 Å². The number of benzene rings is 1. The summed E-state index contributed by atoms with van der Waals surface area (Å²) in [5.74, 6) is 0. The molecule has 0 saturated heterocycles. The Labute approximate surface area is 131 Å². The van der Waals surface area contributed by atoms with Gasteiger partial charge in [-0.3, -0.25) is 4.98 Å². The zero-order valence-electron chi connectivity index (χ0n) is 13.7. The fourth-order valence-corrected chi connectivity index (χ4v) is 2.65. The minimum atomic E-state index is -0.0457. The van der Waals surface area contributed by atoms with Crippen LogP contribution in [0.15, 0.2) is 18.3 Å². The number of fused-ring (bicyclic) bond motifs is 1. The van der Waals surface area contributed by atoms with Crippen LogP contribution < -0.4 is 5.32 Å². The van der Waals surface area contributed by atoms with Gasteiger partial charge in [0, 0.05) is 24.7 Å². The number of aryl methyl sites for hydroxylation is 2. The van der Waals surface area contributed by atoms with E-state index >= 15 is 0 Å². The first-order valence-electron chi connectivity index (χ1n) is 7.53. The van der Waals surface area contributed by atoms with Crippen molar-refractivity contribution < 1.29 is 5.11 Å². The van der Waals surface area contributed by atoms with Crippen LogP contribution in [0.1, 0.15) is 37.0 Å². The topological polar surface area (TPSA) is 68.9 Å². The van der Waals surface area contributed by atoms with E-state index in [9.17, 15) is 5.26 Å². The average Bonchev–Trinajstić information content (AvgIpc) is 2.44. The number of hydrogen-bond donors (Lipinski definition) is 2. The van der Waals surface area contributed by atoms with Gasteiger partial charge in [-0.15, -0.1) is 0 Å². The van der Waals surface area contributed by atoms with Crippen molar-refractivity contribution in [3.05, 3.63) is 35.0 Å². The number of anilines is 1. The van der Waals surface area contributed by atoms with E-state index in [2.05, 4.69) is 42.4 Å². The fourth-order valence-electron chi connectivity index (χ4n) is 2.65. The van der Waals surface area contributed by atoms with Gasteiger partial charge < -0.3 is 10.4 Å². The highest BCUT2D eigenvalue weighted by Gasteiger charge is 2.19. The van der Waals surface area contributed by atoms with Crippen LogP contribution in [-0.4, -0.2) is 23.2 Å². The molecule has 0 spiro atoms. The average molecular weight is 297 g/mol. The fraction of sp³-hybridized carbons (Fsp3) is 0.444. The molecule has 4 heteroatoms. The summed E-state index contributed by atoms with van der Waals surface area (Å²) in [6.45, 7) is 9.13. The summed E-state index contributed by atoms with van der Waals surface area (Å²) in [6, 6.07) is 6.39. The molecule has 1 aromatic carbocycles. The Morgan fingerprint density at radius 2 is 2.05 bits per heavy atom. The van der Waals surface area contributed by atoms with Crippen molar-refractivity contribution in [3.8, 4) is 6.07 Å². The molecule has 0 aliphatic heterocycles. The van der Waals surface area contributed by atoms with Gasteiger partial charge in [0.15, 0.2) is 0 Å². The number of nitrogens with one attached hydrogen (secondary N) is 1. The lowest BCUT2D eigenvalue weighted by atomic mass is 9.89.